The monoisotopic (exact) mass is 520 g/mol. The summed E-state index contributed by atoms with van der Waals surface area (Å²) in [5.74, 6) is -1.00. The van der Waals surface area contributed by atoms with Crippen LogP contribution in [0, 0.1) is 16.7 Å². The first-order valence-electron chi connectivity index (χ1n) is 14.7. The van der Waals surface area contributed by atoms with Gasteiger partial charge in [-0.1, -0.05) is 72.3 Å². The van der Waals surface area contributed by atoms with E-state index >= 15 is 0 Å². The molecule has 2 rings (SSSR count). The standard InChI is InChI=1S/C30H52N2O5/c1-6-8-10-11-12-13-18-32-25-15-16-29(3,4)23-30(25,28(35)36-5)22-24(27(32)34)21-26(33)31-17-14-20-37-19-9-7-2/h15,24H,6-14,16-23H2,1-5H3,(H,31,33)/t24-,30-/m1/s1. The molecule has 0 aromatic rings. The molecule has 0 bridgehead atoms. The number of piperidine rings is 1. The van der Waals surface area contributed by atoms with Crippen molar-refractivity contribution in [2.24, 2.45) is 16.7 Å². The average Bonchev–Trinajstić information content (AvgIpc) is 2.86. The Kier molecular flexibility index (Phi) is 13.1. The first-order chi connectivity index (χ1) is 17.7. The van der Waals surface area contributed by atoms with E-state index in [2.05, 4.69) is 39.1 Å². The maximum absolute atomic E-state index is 13.7. The van der Waals surface area contributed by atoms with Crippen LogP contribution >= 0.6 is 0 Å². The quantitative estimate of drug-likeness (QED) is 0.194. The Hall–Kier alpha value is -1.89. The summed E-state index contributed by atoms with van der Waals surface area (Å²) in [6.45, 7) is 11.1. The normalized spacial score (nSPS) is 22.8. The first-order valence-corrected chi connectivity index (χ1v) is 14.7. The van der Waals surface area contributed by atoms with Crippen molar-refractivity contribution in [3.63, 3.8) is 0 Å². The lowest BCUT2D eigenvalue weighted by Gasteiger charge is -2.51. The van der Waals surface area contributed by atoms with Gasteiger partial charge in [-0.3, -0.25) is 14.4 Å². The Morgan fingerprint density at radius 3 is 2.41 bits per heavy atom. The van der Waals surface area contributed by atoms with Crippen LogP contribution in [0.1, 0.15) is 111 Å². The number of hydrogen-bond donors (Lipinski definition) is 1. The van der Waals surface area contributed by atoms with Gasteiger partial charge in [-0.05, 0) is 43.9 Å². The number of carbonyl (C=O) groups excluding carboxylic acids is 3. The van der Waals surface area contributed by atoms with Crippen LogP contribution in [0.2, 0.25) is 0 Å². The van der Waals surface area contributed by atoms with Crippen LogP contribution in [0.25, 0.3) is 0 Å². The van der Waals surface area contributed by atoms with E-state index in [4.69, 9.17) is 9.47 Å². The van der Waals surface area contributed by atoms with Crippen LogP contribution in [-0.4, -0.2) is 56.1 Å². The summed E-state index contributed by atoms with van der Waals surface area (Å²) < 4.78 is 10.9. The number of nitrogens with zero attached hydrogens (tertiary/aromatic N) is 1. The molecule has 0 unspecified atom stereocenters. The number of esters is 1. The van der Waals surface area contributed by atoms with Crippen molar-refractivity contribution in [3.8, 4) is 0 Å². The zero-order chi connectivity index (χ0) is 27.3. The summed E-state index contributed by atoms with van der Waals surface area (Å²) in [6.07, 6.45) is 13.6. The lowest BCUT2D eigenvalue weighted by Crippen LogP contribution is -2.56. The number of methoxy groups -OCH3 is 1. The van der Waals surface area contributed by atoms with Crippen LogP contribution < -0.4 is 5.32 Å². The van der Waals surface area contributed by atoms with E-state index in [1.807, 2.05) is 4.90 Å². The molecule has 2 atom stereocenters. The van der Waals surface area contributed by atoms with Gasteiger partial charge in [0.05, 0.1) is 7.11 Å². The molecule has 1 fully saturated rings. The minimum Gasteiger partial charge on any atom is -0.468 e. The Morgan fingerprint density at radius 2 is 1.70 bits per heavy atom. The second kappa shape index (κ2) is 15.5. The van der Waals surface area contributed by atoms with Crippen LogP contribution in [0.3, 0.4) is 0 Å². The zero-order valence-electron chi connectivity index (χ0n) is 24.2. The van der Waals surface area contributed by atoms with Gasteiger partial charge in [0.2, 0.25) is 11.8 Å². The SMILES string of the molecule is CCCCCCCCN1C(=O)[C@H](CC(=O)NCCCOCCCC)C[C@@]2(C(=O)OC)CC(C)(C)CC=C12. The zero-order valence-corrected chi connectivity index (χ0v) is 24.2. The van der Waals surface area contributed by atoms with Gasteiger partial charge in [-0.2, -0.15) is 0 Å². The summed E-state index contributed by atoms with van der Waals surface area (Å²) in [4.78, 5) is 41.7. The fraction of sp³-hybridized carbons (Fsp3) is 0.833. The average molecular weight is 521 g/mol. The molecule has 0 spiro atoms. The van der Waals surface area contributed by atoms with E-state index in [0.29, 0.717) is 32.5 Å². The molecular weight excluding hydrogens is 468 g/mol. The maximum atomic E-state index is 13.7. The van der Waals surface area contributed by atoms with E-state index < -0.39 is 11.3 Å². The minimum atomic E-state index is -0.884. The highest BCUT2D eigenvalue weighted by Gasteiger charge is 2.57. The van der Waals surface area contributed by atoms with Crippen molar-refractivity contribution in [2.75, 3.05) is 33.4 Å². The van der Waals surface area contributed by atoms with Gasteiger partial charge >= 0.3 is 5.97 Å². The third-order valence-corrected chi connectivity index (χ3v) is 7.79. The number of allylic oxidation sites excluding steroid dienone is 1. The molecule has 1 saturated heterocycles. The third-order valence-electron chi connectivity index (χ3n) is 7.79. The molecule has 212 valence electrons. The summed E-state index contributed by atoms with van der Waals surface area (Å²) in [5, 5.41) is 2.95. The fourth-order valence-corrected chi connectivity index (χ4v) is 5.88. The lowest BCUT2D eigenvalue weighted by atomic mass is 9.59. The van der Waals surface area contributed by atoms with Crippen molar-refractivity contribution < 1.29 is 23.9 Å². The number of likely N-dealkylation sites (tertiary alicyclic amines) is 1. The summed E-state index contributed by atoms with van der Waals surface area (Å²) >= 11 is 0. The molecule has 2 aliphatic rings. The number of amides is 2. The first kappa shape index (κ1) is 31.3. The Bertz CT molecular complexity index is 778. The van der Waals surface area contributed by atoms with Gasteiger partial charge in [0.25, 0.3) is 0 Å². The molecule has 0 radical (unpaired) electrons. The van der Waals surface area contributed by atoms with Crippen LogP contribution in [0.15, 0.2) is 11.8 Å². The molecule has 1 N–H and O–H groups in total. The van der Waals surface area contributed by atoms with Crippen molar-refractivity contribution >= 4 is 17.8 Å². The molecule has 7 nitrogen and oxygen atoms in total. The van der Waals surface area contributed by atoms with Crippen molar-refractivity contribution in [3.05, 3.63) is 11.8 Å². The molecule has 0 aromatic heterocycles. The number of rotatable bonds is 17. The molecular formula is C30H52N2O5. The molecule has 37 heavy (non-hydrogen) atoms. The molecule has 7 heteroatoms. The summed E-state index contributed by atoms with van der Waals surface area (Å²) in [7, 11) is 1.43. The Balaban J connectivity index is 2.12. The van der Waals surface area contributed by atoms with Gasteiger partial charge in [0.15, 0.2) is 0 Å². The molecule has 1 aliphatic carbocycles. The van der Waals surface area contributed by atoms with Gasteiger partial charge in [-0.25, -0.2) is 0 Å². The molecule has 2 amide bonds. The Labute approximate surface area is 225 Å². The predicted octanol–water partition coefficient (Wildman–Crippen LogP) is 5.77. The molecule has 0 saturated carbocycles. The molecule has 1 heterocycles. The Morgan fingerprint density at radius 1 is 1.03 bits per heavy atom. The lowest BCUT2D eigenvalue weighted by molar-refractivity contribution is -0.162. The van der Waals surface area contributed by atoms with Crippen molar-refractivity contribution in [1.82, 2.24) is 10.2 Å². The number of fused-ring (bicyclic) bond motifs is 1. The van der Waals surface area contributed by atoms with E-state index in [0.717, 1.165) is 57.2 Å². The summed E-state index contributed by atoms with van der Waals surface area (Å²) in [6, 6.07) is 0. The second-order valence-corrected chi connectivity index (χ2v) is 11.7. The van der Waals surface area contributed by atoms with Gasteiger partial charge in [0, 0.05) is 44.3 Å². The fourth-order valence-electron chi connectivity index (χ4n) is 5.88. The smallest absolute Gasteiger partial charge is 0.317 e. The maximum Gasteiger partial charge on any atom is 0.317 e. The minimum absolute atomic E-state index is 0.0305. The number of nitrogens with one attached hydrogen (secondary N) is 1. The summed E-state index contributed by atoms with van der Waals surface area (Å²) in [5.41, 5.74) is -0.169. The highest BCUT2D eigenvalue weighted by molar-refractivity contribution is 5.92. The molecule has 1 aliphatic heterocycles. The second-order valence-electron chi connectivity index (χ2n) is 11.7. The highest BCUT2D eigenvalue weighted by atomic mass is 16.5. The highest BCUT2D eigenvalue weighted by Crippen LogP contribution is 2.54. The number of unbranched alkanes of at least 4 members (excludes halogenated alkanes) is 6. The van der Waals surface area contributed by atoms with E-state index in [9.17, 15) is 14.4 Å². The van der Waals surface area contributed by atoms with Crippen LogP contribution in [-0.2, 0) is 23.9 Å². The van der Waals surface area contributed by atoms with E-state index in [1.165, 1.54) is 26.4 Å². The van der Waals surface area contributed by atoms with Crippen molar-refractivity contribution in [1.29, 1.82) is 0 Å². The van der Waals surface area contributed by atoms with Gasteiger partial charge < -0.3 is 19.7 Å². The van der Waals surface area contributed by atoms with E-state index in [1.54, 1.807) is 0 Å². The van der Waals surface area contributed by atoms with Crippen LogP contribution in [0.5, 0.6) is 0 Å². The van der Waals surface area contributed by atoms with Gasteiger partial charge in [-0.15, -0.1) is 0 Å². The number of ether oxygens (including phenoxy) is 2. The third kappa shape index (κ3) is 9.12. The topological polar surface area (TPSA) is 84.9 Å². The van der Waals surface area contributed by atoms with Gasteiger partial charge in [0.1, 0.15) is 5.41 Å². The van der Waals surface area contributed by atoms with Crippen molar-refractivity contribution in [2.45, 2.75) is 111 Å². The van der Waals surface area contributed by atoms with E-state index in [-0.39, 0.29) is 29.6 Å². The van der Waals surface area contributed by atoms with Crippen LogP contribution in [0.4, 0.5) is 0 Å². The largest absolute Gasteiger partial charge is 0.468 e. The predicted molar refractivity (Wildman–Crippen MR) is 147 cm³/mol. The number of carbonyl (C=O) groups is 3. The number of hydrogen-bond acceptors (Lipinski definition) is 5. The molecule has 0 aromatic carbocycles.